The van der Waals surface area contributed by atoms with Gasteiger partial charge in [0, 0.05) is 5.56 Å². The molecule has 0 bridgehead atoms. The normalized spacial score (nSPS) is 11.7. The lowest BCUT2D eigenvalue weighted by Gasteiger charge is -2.15. The van der Waals surface area contributed by atoms with E-state index >= 15 is 0 Å². The van der Waals surface area contributed by atoms with Crippen molar-refractivity contribution in [3.8, 4) is 22.1 Å². The van der Waals surface area contributed by atoms with Crippen molar-refractivity contribution < 1.29 is 14.3 Å². The molecule has 140 valence electrons. The Bertz CT molecular complexity index is 938. The Kier molecular flexibility index (Phi) is 5.71. The molecule has 0 unspecified atom stereocenters. The summed E-state index contributed by atoms with van der Waals surface area (Å²) in [6.45, 7) is 5.68. The number of anilines is 1. The summed E-state index contributed by atoms with van der Waals surface area (Å²) in [5, 5.41) is 12.1. The number of ether oxygens (including phenoxy) is 2. The van der Waals surface area contributed by atoms with E-state index in [-0.39, 0.29) is 5.91 Å². The number of carbonyl (C=O) groups excluding carboxylic acids is 1. The molecule has 2 aromatic carbocycles. The van der Waals surface area contributed by atoms with Gasteiger partial charge in [-0.15, -0.1) is 10.2 Å². The third-order valence-electron chi connectivity index (χ3n) is 4.00. The van der Waals surface area contributed by atoms with Gasteiger partial charge in [-0.1, -0.05) is 29.0 Å². The van der Waals surface area contributed by atoms with E-state index in [9.17, 15) is 4.79 Å². The first-order chi connectivity index (χ1) is 13.0. The third kappa shape index (κ3) is 4.62. The third-order valence-corrected chi connectivity index (χ3v) is 4.88. The molecule has 0 radical (unpaired) electrons. The van der Waals surface area contributed by atoms with Crippen LogP contribution in [0.25, 0.3) is 10.6 Å². The molecule has 0 spiro atoms. The average molecular weight is 383 g/mol. The first kappa shape index (κ1) is 18.8. The number of aryl methyl sites for hydroxylation is 2. The van der Waals surface area contributed by atoms with E-state index in [1.54, 1.807) is 14.0 Å². The minimum absolute atomic E-state index is 0.271. The summed E-state index contributed by atoms with van der Waals surface area (Å²) in [7, 11) is 1.62. The molecule has 7 heteroatoms. The number of rotatable bonds is 6. The summed E-state index contributed by atoms with van der Waals surface area (Å²) < 4.78 is 10.9. The highest BCUT2D eigenvalue weighted by atomic mass is 32.1. The summed E-state index contributed by atoms with van der Waals surface area (Å²) in [5.41, 5.74) is 3.05. The largest absolute Gasteiger partial charge is 0.497 e. The van der Waals surface area contributed by atoms with Crippen molar-refractivity contribution in [2.45, 2.75) is 26.9 Å². The fraction of sp³-hybridized carbons (Fsp3) is 0.250. The van der Waals surface area contributed by atoms with Gasteiger partial charge in [-0.3, -0.25) is 10.1 Å². The molecule has 0 fully saturated rings. The van der Waals surface area contributed by atoms with Crippen LogP contribution in [0.4, 0.5) is 5.13 Å². The molecule has 3 aromatic rings. The number of hydrogen-bond acceptors (Lipinski definition) is 6. The molecule has 1 amide bonds. The zero-order valence-electron chi connectivity index (χ0n) is 15.6. The van der Waals surface area contributed by atoms with E-state index < -0.39 is 6.10 Å². The number of hydrogen-bond donors (Lipinski definition) is 1. The molecule has 0 aliphatic heterocycles. The number of carbonyl (C=O) groups is 1. The van der Waals surface area contributed by atoms with Crippen LogP contribution in [0.1, 0.15) is 18.1 Å². The first-order valence-corrected chi connectivity index (χ1v) is 9.30. The number of nitrogens with one attached hydrogen (secondary N) is 1. The molecule has 0 aliphatic carbocycles. The van der Waals surface area contributed by atoms with Gasteiger partial charge < -0.3 is 9.47 Å². The van der Waals surface area contributed by atoms with Gasteiger partial charge in [-0.25, -0.2) is 0 Å². The van der Waals surface area contributed by atoms with Crippen LogP contribution in [0.2, 0.25) is 0 Å². The first-order valence-electron chi connectivity index (χ1n) is 8.49. The average Bonchev–Trinajstić information content (AvgIpc) is 3.12. The number of benzene rings is 2. The van der Waals surface area contributed by atoms with Gasteiger partial charge in [-0.05, 0) is 56.7 Å². The summed E-state index contributed by atoms with van der Waals surface area (Å²) in [4.78, 5) is 12.4. The molecule has 1 N–H and O–H groups in total. The van der Waals surface area contributed by atoms with Crippen molar-refractivity contribution in [3.05, 3.63) is 53.6 Å². The van der Waals surface area contributed by atoms with Crippen LogP contribution >= 0.6 is 11.3 Å². The predicted molar refractivity (Wildman–Crippen MR) is 107 cm³/mol. The Balaban J connectivity index is 1.64. The van der Waals surface area contributed by atoms with Gasteiger partial charge in [0.25, 0.3) is 5.91 Å². The quantitative estimate of drug-likeness (QED) is 0.689. The fourth-order valence-corrected chi connectivity index (χ4v) is 3.26. The zero-order valence-corrected chi connectivity index (χ0v) is 16.5. The highest BCUT2D eigenvalue weighted by Crippen LogP contribution is 2.28. The lowest BCUT2D eigenvalue weighted by molar-refractivity contribution is -0.122. The van der Waals surface area contributed by atoms with Crippen LogP contribution < -0.4 is 14.8 Å². The second-order valence-corrected chi connectivity index (χ2v) is 7.14. The number of amides is 1. The van der Waals surface area contributed by atoms with E-state index in [4.69, 9.17) is 9.47 Å². The summed E-state index contributed by atoms with van der Waals surface area (Å²) in [5.74, 6) is 1.20. The lowest BCUT2D eigenvalue weighted by atomic mass is 10.1. The topological polar surface area (TPSA) is 73.3 Å². The maximum absolute atomic E-state index is 12.4. The molecule has 1 heterocycles. The Hall–Kier alpha value is -2.93. The maximum atomic E-state index is 12.4. The van der Waals surface area contributed by atoms with Gasteiger partial charge >= 0.3 is 0 Å². The van der Waals surface area contributed by atoms with Crippen molar-refractivity contribution >= 4 is 22.4 Å². The van der Waals surface area contributed by atoms with Crippen molar-refractivity contribution in [1.29, 1.82) is 0 Å². The molecule has 0 saturated heterocycles. The summed E-state index contributed by atoms with van der Waals surface area (Å²) >= 11 is 1.31. The monoisotopic (exact) mass is 383 g/mol. The molecule has 0 aliphatic rings. The van der Waals surface area contributed by atoms with Gasteiger partial charge in [0.2, 0.25) is 5.13 Å². The van der Waals surface area contributed by atoms with Gasteiger partial charge in [0.05, 0.1) is 7.11 Å². The van der Waals surface area contributed by atoms with Crippen molar-refractivity contribution in [1.82, 2.24) is 10.2 Å². The standard InChI is InChI=1S/C20H21N3O3S/c1-12-5-10-17(13(2)11-12)26-14(3)18(24)21-20-23-22-19(27-20)15-6-8-16(25-4)9-7-15/h5-11,14H,1-4H3,(H,21,23,24)/t14-/m0/s1. The lowest BCUT2D eigenvalue weighted by Crippen LogP contribution is -2.30. The number of nitrogens with zero attached hydrogens (tertiary/aromatic N) is 2. The molecular formula is C20H21N3O3S. The van der Waals surface area contributed by atoms with Crippen molar-refractivity contribution in [3.63, 3.8) is 0 Å². The molecule has 3 rings (SSSR count). The minimum atomic E-state index is -0.653. The molecule has 6 nitrogen and oxygen atoms in total. The van der Waals surface area contributed by atoms with E-state index in [1.165, 1.54) is 11.3 Å². The second-order valence-electron chi connectivity index (χ2n) is 6.16. The molecule has 0 saturated carbocycles. The summed E-state index contributed by atoms with van der Waals surface area (Å²) in [6.07, 6.45) is -0.653. The number of methoxy groups -OCH3 is 1. The Morgan fingerprint density at radius 1 is 1.11 bits per heavy atom. The Morgan fingerprint density at radius 3 is 2.52 bits per heavy atom. The fourth-order valence-electron chi connectivity index (χ4n) is 2.51. The van der Waals surface area contributed by atoms with E-state index in [1.807, 2.05) is 56.3 Å². The van der Waals surface area contributed by atoms with Crippen LogP contribution in [0.5, 0.6) is 11.5 Å². The van der Waals surface area contributed by atoms with E-state index in [2.05, 4.69) is 15.5 Å². The van der Waals surface area contributed by atoms with Gasteiger partial charge in [-0.2, -0.15) is 0 Å². The van der Waals surface area contributed by atoms with E-state index in [0.717, 1.165) is 27.4 Å². The van der Waals surface area contributed by atoms with Crippen LogP contribution in [0.3, 0.4) is 0 Å². The van der Waals surface area contributed by atoms with Crippen LogP contribution in [-0.4, -0.2) is 29.3 Å². The van der Waals surface area contributed by atoms with Gasteiger partial charge in [0.15, 0.2) is 6.10 Å². The zero-order chi connectivity index (χ0) is 19.4. The molecule has 27 heavy (non-hydrogen) atoms. The van der Waals surface area contributed by atoms with Crippen LogP contribution in [-0.2, 0) is 4.79 Å². The SMILES string of the molecule is COc1ccc(-c2nnc(NC(=O)[C@H](C)Oc3ccc(C)cc3C)s2)cc1. The summed E-state index contributed by atoms with van der Waals surface area (Å²) in [6, 6.07) is 13.4. The van der Waals surface area contributed by atoms with Crippen molar-refractivity contribution in [2.75, 3.05) is 12.4 Å². The second kappa shape index (κ2) is 8.18. The molecule has 1 atom stereocenters. The van der Waals surface area contributed by atoms with E-state index in [0.29, 0.717) is 10.9 Å². The highest BCUT2D eigenvalue weighted by Gasteiger charge is 2.18. The van der Waals surface area contributed by atoms with Gasteiger partial charge in [0.1, 0.15) is 16.5 Å². The maximum Gasteiger partial charge on any atom is 0.266 e. The molecule has 1 aromatic heterocycles. The van der Waals surface area contributed by atoms with Crippen LogP contribution in [0.15, 0.2) is 42.5 Å². The Labute approximate surface area is 162 Å². The number of aromatic nitrogens is 2. The minimum Gasteiger partial charge on any atom is -0.497 e. The highest BCUT2D eigenvalue weighted by molar-refractivity contribution is 7.18. The molecular weight excluding hydrogens is 362 g/mol. The smallest absolute Gasteiger partial charge is 0.266 e. The Morgan fingerprint density at radius 2 is 1.85 bits per heavy atom. The van der Waals surface area contributed by atoms with Crippen LogP contribution in [0, 0.1) is 13.8 Å². The predicted octanol–water partition coefficient (Wildman–Crippen LogP) is 4.24. The van der Waals surface area contributed by atoms with Crippen molar-refractivity contribution in [2.24, 2.45) is 0 Å².